The molecular weight excluding hydrogens is 268 g/mol. The molecule has 1 aromatic carbocycles. The van der Waals surface area contributed by atoms with Gasteiger partial charge in [0.05, 0.1) is 17.2 Å². The third kappa shape index (κ3) is 3.18. The summed E-state index contributed by atoms with van der Waals surface area (Å²) in [4.78, 5) is 12.1. The molecule has 1 unspecified atom stereocenters. The van der Waals surface area contributed by atoms with E-state index < -0.39 is 5.60 Å². The van der Waals surface area contributed by atoms with E-state index >= 15 is 0 Å². The van der Waals surface area contributed by atoms with Gasteiger partial charge in [-0.2, -0.15) is 0 Å². The van der Waals surface area contributed by atoms with Crippen molar-refractivity contribution in [3.8, 4) is 0 Å². The number of carbonyl (C=O) groups excluding carboxylic acids is 1. The molecule has 104 valence electrons. The molecule has 0 radical (unpaired) electrons. The van der Waals surface area contributed by atoms with Gasteiger partial charge in [0.15, 0.2) is 0 Å². The molecule has 1 saturated heterocycles. The van der Waals surface area contributed by atoms with Crippen LogP contribution in [0.15, 0.2) is 18.2 Å². The zero-order valence-corrected chi connectivity index (χ0v) is 11.5. The van der Waals surface area contributed by atoms with E-state index in [2.05, 4.69) is 5.32 Å². The van der Waals surface area contributed by atoms with E-state index in [0.717, 1.165) is 6.42 Å². The number of benzene rings is 1. The number of methoxy groups -OCH3 is 1. The largest absolute Gasteiger partial charge is 0.399 e. The Bertz CT molecular complexity index is 473. The summed E-state index contributed by atoms with van der Waals surface area (Å²) in [6.45, 7) is 1.52. The molecule has 6 heteroatoms. The van der Waals surface area contributed by atoms with E-state index in [0.29, 0.717) is 36.0 Å². The fourth-order valence-electron chi connectivity index (χ4n) is 2.01. The first-order valence-corrected chi connectivity index (χ1v) is 6.40. The van der Waals surface area contributed by atoms with Gasteiger partial charge in [0.25, 0.3) is 5.91 Å². The molecule has 0 aromatic heterocycles. The number of rotatable bonds is 4. The SMILES string of the molecule is COC1(CNC(=O)c2ccc(N)cc2Cl)CCOC1. The van der Waals surface area contributed by atoms with Crippen molar-refractivity contribution in [3.63, 3.8) is 0 Å². The lowest BCUT2D eigenvalue weighted by atomic mass is 10.0. The number of hydrogen-bond acceptors (Lipinski definition) is 4. The van der Waals surface area contributed by atoms with Crippen LogP contribution in [0, 0.1) is 0 Å². The predicted molar refractivity (Wildman–Crippen MR) is 73.4 cm³/mol. The van der Waals surface area contributed by atoms with Gasteiger partial charge < -0.3 is 20.5 Å². The average Bonchev–Trinajstić information content (AvgIpc) is 2.85. The van der Waals surface area contributed by atoms with Crippen LogP contribution in [0.1, 0.15) is 16.8 Å². The number of nitrogen functional groups attached to an aromatic ring is 1. The van der Waals surface area contributed by atoms with Crippen molar-refractivity contribution in [3.05, 3.63) is 28.8 Å². The Morgan fingerprint density at radius 2 is 2.42 bits per heavy atom. The number of ether oxygens (including phenoxy) is 2. The summed E-state index contributed by atoms with van der Waals surface area (Å²) in [6, 6.07) is 4.81. The molecule has 19 heavy (non-hydrogen) atoms. The minimum atomic E-state index is -0.435. The third-order valence-corrected chi connectivity index (χ3v) is 3.62. The summed E-state index contributed by atoms with van der Waals surface area (Å²) in [5.74, 6) is -0.242. The summed E-state index contributed by atoms with van der Waals surface area (Å²) in [5, 5.41) is 3.16. The van der Waals surface area contributed by atoms with E-state index in [4.69, 9.17) is 26.8 Å². The minimum Gasteiger partial charge on any atom is -0.399 e. The van der Waals surface area contributed by atoms with Gasteiger partial charge in [-0.25, -0.2) is 0 Å². The Morgan fingerprint density at radius 1 is 1.63 bits per heavy atom. The quantitative estimate of drug-likeness (QED) is 0.821. The maximum Gasteiger partial charge on any atom is 0.252 e. The molecule has 1 atom stereocenters. The van der Waals surface area contributed by atoms with Crippen LogP contribution in [0.3, 0.4) is 0 Å². The Balaban J connectivity index is 2.01. The highest BCUT2D eigenvalue weighted by molar-refractivity contribution is 6.34. The van der Waals surface area contributed by atoms with Crippen LogP contribution in [0.5, 0.6) is 0 Å². The van der Waals surface area contributed by atoms with Gasteiger partial charge >= 0.3 is 0 Å². The fourth-order valence-corrected chi connectivity index (χ4v) is 2.29. The summed E-state index contributed by atoms with van der Waals surface area (Å²) >= 11 is 5.99. The summed E-state index contributed by atoms with van der Waals surface area (Å²) < 4.78 is 10.8. The lowest BCUT2D eigenvalue weighted by Crippen LogP contribution is -2.45. The monoisotopic (exact) mass is 284 g/mol. The van der Waals surface area contributed by atoms with Crippen molar-refractivity contribution < 1.29 is 14.3 Å². The molecule has 1 aliphatic rings. The van der Waals surface area contributed by atoms with Gasteiger partial charge in [-0.1, -0.05) is 11.6 Å². The van der Waals surface area contributed by atoms with Crippen LogP contribution < -0.4 is 11.1 Å². The standard InChI is InChI=1S/C13H17ClN2O3/c1-18-13(4-5-19-8-13)7-16-12(17)10-3-2-9(15)6-11(10)14/h2-3,6H,4-5,7-8,15H2,1H3,(H,16,17). The number of nitrogens with two attached hydrogens (primary N) is 1. The van der Waals surface area contributed by atoms with Gasteiger partial charge in [-0.15, -0.1) is 0 Å². The Hall–Kier alpha value is -1.30. The highest BCUT2D eigenvalue weighted by atomic mass is 35.5. The van der Waals surface area contributed by atoms with Crippen molar-refractivity contribution in [2.24, 2.45) is 0 Å². The van der Waals surface area contributed by atoms with Crippen LogP contribution in [-0.4, -0.2) is 38.4 Å². The van der Waals surface area contributed by atoms with E-state index in [1.165, 1.54) is 0 Å². The van der Waals surface area contributed by atoms with Crippen LogP contribution in [-0.2, 0) is 9.47 Å². The Morgan fingerprint density at radius 3 is 3.00 bits per heavy atom. The lowest BCUT2D eigenvalue weighted by Gasteiger charge is -2.25. The molecule has 2 rings (SSSR count). The molecular formula is C13H17ClN2O3. The molecule has 0 aliphatic carbocycles. The lowest BCUT2D eigenvalue weighted by molar-refractivity contribution is -0.0148. The molecule has 1 fully saturated rings. The summed E-state index contributed by atoms with van der Waals surface area (Å²) in [7, 11) is 1.62. The third-order valence-electron chi connectivity index (χ3n) is 3.31. The second kappa shape index (κ2) is 5.77. The number of halogens is 1. The van der Waals surface area contributed by atoms with Gasteiger partial charge in [-0.05, 0) is 18.2 Å². The highest BCUT2D eigenvalue weighted by Crippen LogP contribution is 2.22. The number of hydrogen-bond donors (Lipinski definition) is 2. The van der Waals surface area contributed by atoms with Gasteiger partial charge in [-0.3, -0.25) is 4.79 Å². The van der Waals surface area contributed by atoms with Crippen molar-refractivity contribution in [2.45, 2.75) is 12.0 Å². The molecule has 5 nitrogen and oxygen atoms in total. The Labute approximate surface area is 117 Å². The van der Waals surface area contributed by atoms with Crippen molar-refractivity contribution in [2.75, 3.05) is 32.6 Å². The van der Waals surface area contributed by atoms with E-state index in [1.807, 2.05) is 0 Å². The molecule has 1 heterocycles. The first-order valence-electron chi connectivity index (χ1n) is 6.02. The van der Waals surface area contributed by atoms with E-state index in [9.17, 15) is 4.79 Å². The van der Waals surface area contributed by atoms with Crippen molar-refractivity contribution in [1.29, 1.82) is 0 Å². The molecule has 0 saturated carbocycles. The second-order valence-corrected chi connectivity index (χ2v) is 5.02. The van der Waals surface area contributed by atoms with Crippen LogP contribution in [0.4, 0.5) is 5.69 Å². The molecule has 3 N–H and O–H groups in total. The molecule has 1 aliphatic heterocycles. The van der Waals surface area contributed by atoms with Gasteiger partial charge in [0.1, 0.15) is 5.60 Å². The smallest absolute Gasteiger partial charge is 0.252 e. The van der Waals surface area contributed by atoms with Crippen LogP contribution >= 0.6 is 11.6 Å². The van der Waals surface area contributed by atoms with Gasteiger partial charge in [0.2, 0.25) is 0 Å². The number of anilines is 1. The molecule has 1 aromatic rings. The average molecular weight is 285 g/mol. The predicted octanol–water partition coefficient (Wildman–Crippen LogP) is 1.46. The molecule has 0 spiro atoms. The zero-order valence-electron chi connectivity index (χ0n) is 10.7. The number of carbonyl (C=O) groups is 1. The first-order chi connectivity index (χ1) is 9.06. The number of nitrogens with one attached hydrogen (secondary N) is 1. The van der Waals surface area contributed by atoms with Gasteiger partial charge in [0, 0.05) is 32.4 Å². The van der Waals surface area contributed by atoms with Crippen LogP contribution in [0.2, 0.25) is 5.02 Å². The minimum absolute atomic E-state index is 0.242. The molecule has 0 bridgehead atoms. The van der Waals surface area contributed by atoms with Crippen molar-refractivity contribution in [1.82, 2.24) is 5.32 Å². The maximum absolute atomic E-state index is 12.1. The maximum atomic E-state index is 12.1. The summed E-state index contributed by atoms with van der Waals surface area (Å²) in [6.07, 6.45) is 0.763. The normalized spacial score (nSPS) is 22.4. The second-order valence-electron chi connectivity index (χ2n) is 4.61. The first kappa shape index (κ1) is 14.1. The topological polar surface area (TPSA) is 73.6 Å². The van der Waals surface area contributed by atoms with E-state index in [-0.39, 0.29) is 5.91 Å². The Kier molecular flexibility index (Phi) is 4.29. The highest BCUT2D eigenvalue weighted by Gasteiger charge is 2.35. The molecule has 1 amide bonds. The zero-order chi connectivity index (χ0) is 13.9. The van der Waals surface area contributed by atoms with E-state index in [1.54, 1.807) is 25.3 Å². The summed E-state index contributed by atoms with van der Waals surface area (Å²) in [5.41, 5.74) is 6.09. The van der Waals surface area contributed by atoms with Crippen LogP contribution in [0.25, 0.3) is 0 Å². The fraction of sp³-hybridized carbons (Fsp3) is 0.462. The van der Waals surface area contributed by atoms with Crippen molar-refractivity contribution >= 4 is 23.2 Å². The number of amides is 1.